The lowest BCUT2D eigenvalue weighted by Gasteiger charge is -2.05. The Bertz CT molecular complexity index is 449. The largest absolute Gasteiger partial charge is 0.507 e. The van der Waals surface area contributed by atoms with Gasteiger partial charge in [-0.3, -0.25) is 4.79 Å². The first-order valence-corrected chi connectivity index (χ1v) is 4.67. The summed E-state index contributed by atoms with van der Waals surface area (Å²) < 4.78 is 0. The molecule has 0 unspecified atom stereocenters. The molecule has 0 aliphatic carbocycles. The van der Waals surface area contributed by atoms with Gasteiger partial charge in [-0.1, -0.05) is 0 Å². The molecule has 1 rings (SSSR count). The van der Waals surface area contributed by atoms with Gasteiger partial charge in [-0.15, -0.1) is 0 Å². The van der Waals surface area contributed by atoms with Gasteiger partial charge < -0.3 is 10.2 Å². The third kappa shape index (κ3) is 2.70. The first-order chi connectivity index (χ1) is 7.41. The van der Waals surface area contributed by atoms with Crippen LogP contribution in [-0.2, 0) is 4.79 Å². The zero-order chi connectivity index (χ0) is 12.3. The number of benzene rings is 1. The van der Waals surface area contributed by atoms with Crippen molar-refractivity contribution in [3.8, 4) is 5.75 Å². The number of hydrogen-bond acceptors (Lipinski definition) is 3. The normalized spacial score (nSPS) is 10.6. The van der Waals surface area contributed by atoms with Gasteiger partial charge in [-0.25, -0.2) is 4.79 Å². The van der Waals surface area contributed by atoms with E-state index in [0.717, 1.165) is 12.2 Å². The molecular weight excluding hydrogens is 208 g/mol. The molecule has 84 valence electrons. The van der Waals surface area contributed by atoms with Gasteiger partial charge in [0.2, 0.25) is 0 Å². The number of phenolic OH excluding ortho intramolecular Hbond substituents is 1. The van der Waals surface area contributed by atoms with E-state index in [1.165, 1.54) is 12.1 Å². The van der Waals surface area contributed by atoms with Crippen molar-refractivity contribution in [2.24, 2.45) is 0 Å². The van der Waals surface area contributed by atoms with Crippen LogP contribution in [0.1, 0.15) is 21.5 Å². The lowest BCUT2D eigenvalue weighted by Crippen LogP contribution is -1.98. The molecule has 0 bridgehead atoms. The molecule has 0 amide bonds. The third-order valence-corrected chi connectivity index (χ3v) is 2.15. The zero-order valence-electron chi connectivity index (χ0n) is 9.02. The second-order valence-corrected chi connectivity index (χ2v) is 3.49. The van der Waals surface area contributed by atoms with Crippen LogP contribution < -0.4 is 0 Å². The number of ketones is 1. The molecule has 0 fully saturated rings. The summed E-state index contributed by atoms with van der Waals surface area (Å²) in [5.74, 6) is -1.41. The molecule has 0 atom stereocenters. The average Bonchev–Trinajstić information content (AvgIpc) is 2.21. The fraction of sp³-hybridized carbons (Fsp3) is 0.167. The van der Waals surface area contributed by atoms with E-state index in [1.807, 2.05) is 0 Å². The van der Waals surface area contributed by atoms with Crippen LogP contribution in [0.5, 0.6) is 5.75 Å². The van der Waals surface area contributed by atoms with Gasteiger partial charge in [-0.05, 0) is 43.2 Å². The van der Waals surface area contributed by atoms with Crippen molar-refractivity contribution in [1.29, 1.82) is 0 Å². The highest BCUT2D eigenvalue weighted by Crippen LogP contribution is 2.23. The van der Waals surface area contributed by atoms with Crippen molar-refractivity contribution in [3.63, 3.8) is 0 Å². The van der Waals surface area contributed by atoms with Crippen molar-refractivity contribution < 1.29 is 19.8 Å². The number of carbonyl (C=O) groups excluding carboxylic acids is 1. The zero-order valence-corrected chi connectivity index (χ0v) is 9.02. The fourth-order valence-electron chi connectivity index (χ4n) is 1.34. The smallest absolute Gasteiger partial charge is 0.328 e. The topological polar surface area (TPSA) is 74.6 Å². The maximum absolute atomic E-state index is 11.5. The molecule has 4 heteroatoms. The number of phenols is 1. The van der Waals surface area contributed by atoms with Gasteiger partial charge in [0.15, 0.2) is 5.78 Å². The van der Waals surface area contributed by atoms with Gasteiger partial charge in [-0.2, -0.15) is 0 Å². The Morgan fingerprint density at radius 3 is 2.06 bits per heavy atom. The van der Waals surface area contributed by atoms with Gasteiger partial charge in [0.1, 0.15) is 5.75 Å². The summed E-state index contributed by atoms with van der Waals surface area (Å²) in [5.41, 5.74) is 1.55. The van der Waals surface area contributed by atoms with E-state index in [4.69, 9.17) is 5.11 Å². The maximum Gasteiger partial charge on any atom is 0.328 e. The molecular formula is C12H12O4. The Morgan fingerprint density at radius 1 is 1.12 bits per heavy atom. The van der Waals surface area contributed by atoms with Crippen LogP contribution >= 0.6 is 0 Å². The van der Waals surface area contributed by atoms with Crippen LogP contribution in [0, 0.1) is 13.8 Å². The van der Waals surface area contributed by atoms with E-state index in [-0.39, 0.29) is 5.75 Å². The monoisotopic (exact) mass is 220 g/mol. The van der Waals surface area contributed by atoms with E-state index in [2.05, 4.69) is 0 Å². The lowest BCUT2D eigenvalue weighted by atomic mass is 10.0. The maximum atomic E-state index is 11.5. The SMILES string of the molecule is Cc1cc(C(=O)/C=C/C(=O)O)cc(C)c1O. The Balaban J connectivity index is 3.06. The van der Waals surface area contributed by atoms with Crippen molar-refractivity contribution >= 4 is 11.8 Å². The summed E-state index contributed by atoms with van der Waals surface area (Å²) in [7, 11) is 0. The van der Waals surface area contributed by atoms with E-state index in [9.17, 15) is 14.7 Å². The van der Waals surface area contributed by atoms with Crippen molar-refractivity contribution in [2.45, 2.75) is 13.8 Å². The molecule has 0 aliphatic heterocycles. The summed E-state index contributed by atoms with van der Waals surface area (Å²) in [6, 6.07) is 3.05. The fourth-order valence-corrected chi connectivity index (χ4v) is 1.34. The first kappa shape index (κ1) is 12.0. The summed E-state index contributed by atoms with van der Waals surface area (Å²) in [4.78, 5) is 21.8. The summed E-state index contributed by atoms with van der Waals surface area (Å²) in [5, 5.41) is 17.9. The number of carbonyl (C=O) groups is 2. The molecule has 4 nitrogen and oxygen atoms in total. The summed E-state index contributed by atoms with van der Waals surface area (Å²) in [6.07, 6.45) is 1.79. The standard InChI is InChI=1S/C12H12O4/c1-7-5-9(6-8(2)12(7)16)10(13)3-4-11(14)15/h3-6,16H,1-2H3,(H,14,15)/b4-3+. The number of aliphatic carboxylic acids is 1. The molecule has 0 aliphatic rings. The third-order valence-electron chi connectivity index (χ3n) is 2.15. The van der Waals surface area contributed by atoms with Gasteiger partial charge >= 0.3 is 5.97 Å². The summed E-state index contributed by atoms with van der Waals surface area (Å²) in [6.45, 7) is 3.36. The van der Waals surface area contributed by atoms with E-state index < -0.39 is 11.8 Å². The van der Waals surface area contributed by atoms with Crippen LogP contribution in [-0.4, -0.2) is 22.0 Å². The predicted octanol–water partition coefficient (Wildman–Crippen LogP) is 1.83. The molecule has 2 N–H and O–H groups in total. The lowest BCUT2D eigenvalue weighted by molar-refractivity contribution is -0.131. The van der Waals surface area contributed by atoms with Crippen molar-refractivity contribution in [3.05, 3.63) is 41.0 Å². The second kappa shape index (κ2) is 4.61. The Hall–Kier alpha value is -2.10. The molecule has 0 saturated carbocycles. The predicted molar refractivity (Wildman–Crippen MR) is 58.7 cm³/mol. The number of aryl methyl sites for hydroxylation is 2. The number of rotatable bonds is 3. The molecule has 0 spiro atoms. The van der Waals surface area contributed by atoms with Gasteiger partial charge in [0.05, 0.1) is 0 Å². The molecule has 0 heterocycles. The minimum absolute atomic E-state index is 0.152. The van der Waals surface area contributed by atoms with Crippen LogP contribution in [0.3, 0.4) is 0 Å². The molecule has 1 aromatic carbocycles. The van der Waals surface area contributed by atoms with Crippen LogP contribution in [0.15, 0.2) is 24.3 Å². The van der Waals surface area contributed by atoms with Crippen LogP contribution in [0.25, 0.3) is 0 Å². The highest BCUT2D eigenvalue weighted by atomic mass is 16.4. The Morgan fingerprint density at radius 2 is 1.62 bits per heavy atom. The number of allylic oxidation sites excluding steroid dienone is 1. The molecule has 0 radical (unpaired) electrons. The van der Waals surface area contributed by atoms with Gasteiger partial charge in [0, 0.05) is 11.6 Å². The molecule has 0 aromatic heterocycles. The summed E-state index contributed by atoms with van der Waals surface area (Å²) >= 11 is 0. The molecule has 1 aromatic rings. The highest BCUT2D eigenvalue weighted by molar-refractivity contribution is 6.07. The van der Waals surface area contributed by atoms with E-state index in [1.54, 1.807) is 13.8 Å². The van der Waals surface area contributed by atoms with Crippen LogP contribution in [0.4, 0.5) is 0 Å². The minimum atomic E-state index is -1.17. The first-order valence-electron chi connectivity index (χ1n) is 4.67. The number of hydrogen-bond donors (Lipinski definition) is 2. The van der Waals surface area contributed by atoms with Crippen LogP contribution in [0.2, 0.25) is 0 Å². The average molecular weight is 220 g/mol. The Labute approximate surface area is 92.8 Å². The quantitative estimate of drug-likeness (QED) is 0.602. The highest BCUT2D eigenvalue weighted by Gasteiger charge is 2.08. The number of carboxylic acids is 1. The minimum Gasteiger partial charge on any atom is -0.507 e. The van der Waals surface area contributed by atoms with Gasteiger partial charge in [0.25, 0.3) is 0 Å². The number of aromatic hydroxyl groups is 1. The number of carboxylic acid groups (broad SMARTS) is 1. The van der Waals surface area contributed by atoms with E-state index in [0.29, 0.717) is 16.7 Å². The second-order valence-electron chi connectivity index (χ2n) is 3.49. The molecule has 16 heavy (non-hydrogen) atoms. The Kier molecular flexibility index (Phi) is 3.45. The van der Waals surface area contributed by atoms with Crippen molar-refractivity contribution in [2.75, 3.05) is 0 Å². The molecule has 0 saturated heterocycles. The van der Waals surface area contributed by atoms with Crippen molar-refractivity contribution in [1.82, 2.24) is 0 Å². The van der Waals surface area contributed by atoms with E-state index >= 15 is 0 Å².